The number of carbonyl (C=O) groups excluding carboxylic acids is 2. The number of aryl methyl sites for hydroxylation is 1. The number of halogens is 3. The molecule has 0 aliphatic heterocycles. The van der Waals surface area contributed by atoms with Gasteiger partial charge in [0, 0.05) is 5.56 Å². The first kappa shape index (κ1) is 32.6. The zero-order chi connectivity index (χ0) is 31.9. The van der Waals surface area contributed by atoms with Crippen LogP contribution >= 0.6 is 0 Å². The Morgan fingerprint density at radius 1 is 1.14 bits per heavy atom. The molecule has 0 radical (unpaired) electrons. The third-order valence-electron chi connectivity index (χ3n) is 5.80. The van der Waals surface area contributed by atoms with E-state index in [1.165, 1.54) is 19.1 Å². The molecule has 0 aliphatic rings. The highest BCUT2D eigenvalue weighted by Crippen LogP contribution is 2.33. The van der Waals surface area contributed by atoms with Gasteiger partial charge in [-0.15, -0.1) is 5.01 Å². The lowest BCUT2D eigenvalue weighted by Crippen LogP contribution is -2.47. The first-order chi connectivity index (χ1) is 20.1. The van der Waals surface area contributed by atoms with Gasteiger partial charge in [0.05, 0.1) is 34.9 Å². The second-order valence-electron chi connectivity index (χ2n) is 8.81. The number of hydrazine groups is 1. The molecular formula is C25H27F3N6O8S. The van der Waals surface area contributed by atoms with Crippen molar-refractivity contribution in [1.29, 1.82) is 0 Å². The van der Waals surface area contributed by atoms with E-state index in [9.17, 15) is 36.4 Å². The lowest BCUT2D eigenvalue weighted by atomic mass is 10.1. The van der Waals surface area contributed by atoms with E-state index in [0.717, 1.165) is 35.5 Å². The Bertz CT molecular complexity index is 1580. The van der Waals surface area contributed by atoms with Gasteiger partial charge in [0.25, 0.3) is 22.7 Å². The lowest BCUT2D eigenvalue weighted by molar-refractivity contribution is -0.710. The van der Waals surface area contributed by atoms with E-state index in [1.54, 1.807) is 31.2 Å². The number of sulfonamides is 1. The summed E-state index contributed by atoms with van der Waals surface area (Å²) in [5.41, 5.74) is 0.458. The molecule has 1 N–H and O–H groups in total. The van der Waals surface area contributed by atoms with Crippen LogP contribution in [0.5, 0.6) is 0 Å². The van der Waals surface area contributed by atoms with Crippen LogP contribution in [-0.4, -0.2) is 66.7 Å². The fourth-order valence-corrected chi connectivity index (χ4v) is 4.42. The standard InChI is InChI=1S/C25H27F3N6O8S/c1-5-40-24(36)41-15-42-31-34(37)32(4)17(3)23(35)30-43(38,39)20-12-10-19(11-13-20)33-21(14-22(29-33)25(26,27)28)18-8-6-16(2)7-9-18/h6-14,17H,5,15H2,1-4H3,(H,30,35)/t17-/m0/s1. The highest BCUT2D eigenvalue weighted by atomic mass is 32.2. The van der Waals surface area contributed by atoms with Crippen LogP contribution in [0.15, 0.2) is 64.8 Å². The molecule has 3 rings (SSSR count). The van der Waals surface area contributed by atoms with Crippen LogP contribution in [0, 0.1) is 12.1 Å². The van der Waals surface area contributed by atoms with Crippen LogP contribution < -0.4 is 4.72 Å². The number of nitrogens with one attached hydrogen (secondary N) is 1. The molecule has 43 heavy (non-hydrogen) atoms. The fourth-order valence-electron chi connectivity index (χ4n) is 3.37. The average molecular weight is 629 g/mol. The largest absolute Gasteiger partial charge is 0.569 e. The predicted octanol–water partition coefficient (Wildman–Crippen LogP) is 3.93. The smallest absolute Gasteiger partial charge is 0.511 e. The minimum Gasteiger partial charge on any atom is -0.569 e. The molecule has 18 heteroatoms. The zero-order valence-corrected chi connectivity index (χ0v) is 24.0. The normalized spacial score (nSPS) is 12.8. The number of hydrogen-bond acceptors (Lipinski definition) is 10. The number of hydrogen-bond donors (Lipinski definition) is 1. The fraction of sp³-hybridized carbons (Fsp3) is 0.320. The first-order valence-electron chi connectivity index (χ1n) is 12.4. The highest BCUT2D eigenvalue weighted by Gasteiger charge is 2.35. The number of amides is 1. The van der Waals surface area contributed by atoms with Crippen molar-refractivity contribution in [2.45, 2.75) is 37.9 Å². The number of benzene rings is 2. The number of ether oxygens (including phenoxy) is 2. The second kappa shape index (κ2) is 13.4. The maximum absolute atomic E-state index is 13.5. The van der Waals surface area contributed by atoms with E-state index in [4.69, 9.17) is 0 Å². The topological polar surface area (TPSA) is 167 Å². The minimum atomic E-state index is -4.72. The molecule has 0 saturated carbocycles. The number of nitrogens with zero attached hydrogens (tertiary/aromatic N) is 5. The third kappa shape index (κ3) is 8.34. The molecule has 0 bridgehead atoms. The molecule has 0 aliphatic carbocycles. The van der Waals surface area contributed by atoms with Gasteiger partial charge in [-0.1, -0.05) is 29.8 Å². The van der Waals surface area contributed by atoms with Crippen molar-refractivity contribution in [2.24, 2.45) is 5.28 Å². The lowest BCUT2D eigenvalue weighted by Gasteiger charge is -2.19. The zero-order valence-electron chi connectivity index (χ0n) is 23.2. The summed E-state index contributed by atoms with van der Waals surface area (Å²) in [6, 6.07) is 10.9. The maximum atomic E-state index is 13.5. The van der Waals surface area contributed by atoms with Crippen LogP contribution in [-0.2, 0) is 35.3 Å². The van der Waals surface area contributed by atoms with E-state index < -0.39 is 46.8 Å². The molecule has 1 aromatic heterocycles. The number of rotatable bonds is 11. The van der Waals surface area contributed by atoms with Crippen molar-refractivity contribution in [3.63, 3.8) is 0 Å². The molecule has 2 aromatic carbocycles. The van der Waals surface area contributed by atoms with Gasteiger partial charge >= 0.3 is 12.3 Å². The Balaban J connectivity index is 1.74. The SMILES string of the molecule is CCOC(=O)OCON=[N+]([O-])N(C)[C@@H](C)C(=O)NS(=O)(=O)c1ccc(-n2nc(C(F)(F)F)cc2-c2ccc(C)cc2)cc1. The van der Waals surface area contributed by atoms with Crippen LogP contribution in [0.25, 0.3) is 16.9 Å². The van der Waals surface area contributed by atoms with Gasteiger partial charge in [-0.3, -0.25) is 4.79 Å². The number of alkyl halides is 3. The average Bonchev–Trinajstić information content (AvgIpc) is 3.41. The van der Waals surface area contributed by atoms with Gasteiger partial charge in [-0.25, -0.2) is 22.6 Å². The van der Waals surface area contributed by atoms with Gasteiger partial charge in [0.1, 0.15) is 0 Å². The Morgan fingerprint density at radius 3 is 2.35 bits per heavy atom. The summed E-state index contributed by atoms with van der Waals surface area (Å²) in [5.74, 6) is -1.12. The molecule has 1 heterocycles. The van der Waals surface area contributed by atoms with Gasteiger partial charge < -0.3 is 19.5 Å². The van der Waals surface area contributed by atoms with Gasteiger partial charge in [-0.05, 0) is 51.1 Å². The highest BCUT2D eigenvalue weighted by molar-refractivity contribution is 7.90. The van der Waals surface area contributed by atoms with Crippen molar-refractivity contribution in [1.82, 2.24) is 19.5 Å². The molecule has 232 valence electrons. The molecule has 1 atom stereocenters. The van der Waals surface area contributed by atoms with E-state index >= 15 is 0 Å². The summed E-state index contributed by atoms with van der Waals surface area (Å²) in [6.07, 6.45) is -5.78. The molecule has 14 nitrogen and oxygen atoms in total. The quantitative estimate of drug-likeness (QED) is 0.0820. The summed E-state index contributed by atoms with van der Waals surface area (Å²) in [5, 5.41) is 19.5. The van der Waals surface area contributed by atoms with Crippen LogP contribution in [0.2, 0.25) is 0 Å². The van der Waals surface area contributed by atoms with Gasteiger partial charge in [0.15, 0.2) is 11.7 Å². The summed E-state index contributed by atoms with van der Waals surface area (Å²) in [7, 11) is -3.36. The summed E-state index contributed by atoms with van der Waals surface area (Å²) in [4.78, 5) is 27.6. The number of carbonyl (C=O) groups is 2. The Labute approximate surface area is 243 Å². The third-order valence-corrected chi connectivity index (χ3v) is 7.17. The monoisotopic (exact) mass is 628 g/mol. The van der Waals surface area contributed by atoms with Crippen molar-refractivity contribution < 1.29 is 50.5 Å². The van der Waals surface area contributed by atoms with E-state index in [2.05, 4.69) is 24.7 Å². The summed E-state index contributed by atoms with van der Waals surface area (Å²) in [6.45, 7) is 3.85. The van der Waals surface area contributed by atoms with E-state index in [0.29, 0.717) is 10.6 Å². The summed E-state index contributed by atoms with van der Waals surface area (Å²) >= 11 is 0. The van der Waals surface area contributed by atoms with E-state index in [-0.39, 0.29) is 27.9 Å². The predicted molar refractivity (Wildman–Crippen MR) is 141 cm³/mol. The van der Waals surface area contributed by atoms with Gasteiger partial charge in [-0.2, -0.15) is 18.3 Å². The molecule has 0 fully saturated rings. The van der Waals surface area contributed by atoms with Crippen molar-refractivity contribution in [2.75, 3.05) is 20.4 Å². The van der Waals surface area contributed by atoms with Gasteiger partial charge in [0.2, 0.25) is 5.28 Å². The van der Waals surface area contributed by atoms with E-state index in [1.807, 2.05) is 11.6 Å². The first-order valence-corrected chi connectivity index (χ1v) is 13.9. The Hall–Kier alpha value is -4.87. The maximum Gasteiger partial charge on any atom is 0.511 e. The Kier molecular flexibility index (Phi) is 10.2. The Morgan fingerprint density at radius 2 is 1.77 bits per heavy atom. The van der Waals surface area contributed by atoms with Crippen LogP contribution in [0.1, 0.15) is 25.1 Å². The minimum absolute atomic E-state index is 0.0498. The van der Waals surface area contributed by atoms with Crippen LogP contribution in [0.4, 0.5) is 18.0 Å². The number of likely N-dealkylation sites (N-methyl/N-ethyl adjacent to an activating group) is 1. The molecular weight excluding hydrogens is 601 g/mol. The molecule has 0 spiro atoms. The van der Waals surface area contributed by atoms with Crippen molar-refractivity contribution >= 4 is 22.1 Å². The second-order valence-corrected chi connectivity index (χ2v) is 10.5. The van der Waals surface area contributed by atoms with Crippen LogP contribution in [0.3, 0.4) is 0 Å². The van der Waals surface area contributed by atoms with Crippen molar-refractivity contribution in [3.05, 3.63) is 71.1 Å². The number of aromatic nitrogens is 2. The molecule has 0 saturated heterocycles. The summed E-state index contributed by atoms with van der Waals surface area (Å²) < 4.78 is 77.9. The molecule has 3 aromatic rings. The molecule has 1 amide bonds. The van der Waals surface area contributed by atoms with Crippen molar-refractivity contribution in [3.8, 4) is 16.9 Å². The molecule has 0 unspecified atom stereocenters.